The van der Waals surface area contributed by atoms with Crippen LogP contribution in [0.5, 0.6) is 0 Å². The summed E-state index contributed by atoms with van der Waals surface area (Å²) in [4.78, 5) is 4.57. The first kappa shape index (κ1) is 13.8. The summed E-state index contributed by atoms with van der Waals surface area (Å²) >= 11 is 8.08. The minimum Gasteiger partial charge on any atom is -0.326 e. The zero-order chi connectivity index (χ0) is 14.2. The highest BCUT2D eigenvalue weighted by atomic mass is 35.5. The van der Waals surface area contributed by atoms with E-state index in [4.69, 9.17) is 11.6 Å². The molecular weight excluding hydrogens is 290 g/mol. The van der Waals surface area contributed by atoms with Crippen molar-refractivity contribution in [1.29, 1.82) is 5.26 Å². The van der Waals surface area contributed by atoms with Gasteiger partial charge < -0.3 is 4.57 Å². The van der Waals surface area contributed by atoms with E-state index in [1.165, 1.54) is 18.6 Å². The SMILES string of the molecule is CC1(Cn2c(CCl)nc3c(C#N)cccc32)CCCS1. The normalized spacial score (nSPS) is 22.2. The number of aromatic nitrogens is 2. The first-order valence-corrected chi connectivity index (χ1v) is 8.27. The van der Waals surface area contributed by atoms with Crippen LogP contribution in [0.3, 0.4) is 0 Å². The van der Waals surface area contributed by atoms with Gasteiger partial charge in [-0.15, -0.1) is 11.6 Å². The van der Waals surface area contributed by atoms with E-state index in [1.54, 1.807) is 0 Å². The third-order valence-electron chi connectivity index (χ3n) is 3.89. The van der Waals surface area contributed by atoms with E-state index < -0.39 is 0 Å². The summed E-state index contributed by atoms with van der Waals surface area (Å²) in [5, 5.41) is 9.21. The molecule has 1 aliphatic rings. The van der Waals surface area contributed by atoms with Crippen LogP contribution in [0.1, 0.15) is 31.2 Å². The summed E-state index contributed by atoms with van der Waals surface area (Å²) < 4.78 is 2.44. The molecule has 1 saturated heterocycles. The molecule has 3 nitrogen and oxygen atoms in total. The number of hydrogen-bond donors (Lipinski definition) is 0. The third-order valence-corrected chi connectivity index (χ3v) is 5.65. The molecule has 0 amide bonds. The number of fused-ring (bicyclic) bond motifs is 1. The van der Waals surface area contributed by atoms with Crippen molar-refractivity contribution in [1.82, 2.24) is 9.55 Å². The zero-order valence-corrected chi connectivity index (χ0v) is 13.0. The van der Waals surface area contributed by atoms with Crippen molar-refractivity contribution in [3.05, 3.63) is 29.6 Å². The van der Waals surface area contributed by atoms with Crippen molar-refractivity contribution >= 4 is 34.4 Å². The number of imidazole rings is 1. The average molecular weight is 306 g/mol. The lowest BCUT2D eigenvalue weighted by Crippen LogP contribution is -2.24. The first-order valence-electron chi connectivity index (χ1n) is 6.75. The molecule has 0 aliphatic carbocycles. The molecule has 1 unspecified atom stereocenters. The molecule has 20 heavy (non-hydrogen) atoms. The minimum atomic E-state index is 0.247. The summed E-state index contributed by atoms with van der Waals surface area (Å²) in [6.45, 7) is 3.22. The number of halogens is 1. The topological polar surface area (TPSA) is 41.6 Å². The van der Waals surface area contributed by atoms with Crippen LogP contribution in [0.2, 0.25) is 0 Å². The Morgan fingerprint density at radius 3 is 3.05 bits per heavy atom. The number of nitrogens with zero attached hydrogens (tertiary/aromatic N) is 3. The number of para-hydroxylation sites is 1. The Kier molecular flexibility index (Phi) is 3.66. The van der Waals surface area contributed by atoms with Crippen molar-refractivity contribution in [2.75, 3.05) is 5.75 Å². The monoisotopic (exact) mass is 305 g/mol. The van der Waals surface area contributed by atoms with Crippen LogP contribution < -0.4 is 0 Å². The molecule has 0 N–H and O–H groups in total. The Morgan fingerprint density at radius 2 is 2.40 bits per heavy atom. The van der Waals surface area contributed by atoms with Crippen LogP contribution in [0.25, 0.3) is 11.0 Å². The van der Waals surface area contributed by atoms with Crippen molar-refractivity contribution in [3.63, 3.8) is 0 Å². The molecule has 0 saturated carbocycles. The first-order chi connectivity index (χ1) is 9.67. The van der Waals surface area contributed by atoms with Gasteiger partial charge in [0.15, 0.2) is 0 Å². The Labute approximate surface area is 127 Å². The van der Waals surface area contributed by atoms with Crippen molar-refractivity contribution < 1.29 is 0 Å². The van der Waals surface area contributed by atoms with Crippen LogP contribution >= 0.6 is 23.4 Å². The van der Waals surface area contributed by atoms with Crippen LogP contribution in [0.15, 0.2) is 18.2 Å². The van der Waals surface area contributed by atoms with E-state index in [1.807, 2.05) is 30.0 Å². The number of thioether (sulfide) groups is 1. The van der Waals surface area contributed by atoms with E-state index in [0.717, 1.165) is 23.4 Å². The molecular formula is C15H16ClN3S. The fourth-order valence-electron chi connectivity index (χ4n) is 2.86. The van der Waals surface area contributed by atoms with Gasteiger partial charge in [0.1, 0.15) is 17.4 Å². The van der Waals surface area contributed by atoms with Gasteiger partial charge in [0.05, 0.1) is 17.0 Å². The molecule has 1 aromatic heterocycles. The summed E-state index contributed by atoms with van der Waals surface area (Å²) in [7, 11) is 0. The summed E-state index contributed by atoms with van der Waals surface area (Å²) in [6.07, 6.45) is 2.49. The second kappa shape index (κ2) is 5.31. The number of nitriles is 1. The maximum atomic E-state index is 9.21. The lowest BCUT2D eigenvalue weighted by Gasteiger charge is -2.24. The van der Waals surface area contributed by atoms with Gasteiger partial charge in [-0.05, 0) is 37.7 Å². The second-order valence-electron chi connectivity index (χ2n) is 5.43. The second-order valence-corrected chi connectivity index (χ2v) is 7.38. The minimum absolute atomic E-state index is 0.247. The van der Waals surface area contributed by atoms with Crippen molar-refractivity contribution in [2.24, 2.45) is 0 Å². The Morgan fingerprint density at radius 1 is 1.55 bits per heavy atom. The van der Waals surface area contributed by atoms with Crippen LogP contribution in [-0.2, 0) is 12.4 Å². The number of rotatable bonds is 3. The number of benzene rings is 1. The van der Waals surface area contributed by atoms with Gasteiger partial charge in [-0.1, -0.05) is 6.07 Å². The fourth-order valence-corrected chi connectivity index (χ4v) is 4.35. The highest BCUT2D eigenvalue weighted by Gasteiger charge is 2.31. The molecule has 3 rings (SSSR count). The predicted octanol–water partition coefficient (Wildman–Crippen LogP) is 3.93. The largest absolute Gasteiger partial charge is 0.326 e. The van der Waals surface area contributed by atoms with Gasteiger partial charge >= 0.3 is 0 Å². The van der Waals surface area contributed by atoms with Gasteiger partial charge in [0.2, 0.25) is 0 Å². The van der Waals surface area contributed by atoms with Crippen molar-refractivity contribution in [2.45, 2.75) is 36.9 Å². The molecule has 1 atom stereocenters. The smallest absolute Gasteiger partial charge is 0.124 e. The molecule has 0 bridgehead atoms. The van der Waals surface area contributed by atoms with E-state index in [9.17, 15) is 5.26 Å². The summed E-state index contributed by atoms with van der Waals surface area (Å²) in [5.41, 5.74) is 2.42. The molecule has 5 heteroatoms. The summed E-state index contributed by atoms with van der Waals surface area (Å²) in [6, 6.07) is 7.97. The molecule has 0 spiro atoms. The lowest BCUT2D eigenvalue weighted by atomic mass is 10.1. The molecule has 1 fully saturated rings. The Bertz CT molecular complexity index is 680. The van der Waals surface area contributed by atoms with Crippen LogP contribution in [0.4, 0.5) is 0 Å². The molecule has 2 heterocycles. The standard InChI is InChI=1S/C15H16ClN3S/c1-15(6-3-7-20-15)10-19-12-5-2-4-11(9-17)14(12)18-13(19)8-16/h2,4-5H,3,6-8,10H2,1H3. The fraction of sp³-hybridized carbons (Fsp3) is 0.467. The predicted molar refractivity (Wildman–Crippen MR) is 84.1 cm³/mol. The highest BCUT2D eigenvalue weighted by Crippen LogP contribution is 2.40. The molecule has 1 aliphatic heterocycles. The Hall–Kier alpha value is -1.18. The number of alkyl halides is 1. The maximum absolute atomic E-state index is 9.21. The molecule has 2 aromatic rings. The molecule has 0 radical (unpaired) electrons. The van der Waals surface area contributed by atoms with Crippen molar-refractivity contribution in [3.8, 4) is 6.07 Å². The molecule has 1 aromatic carbocycles. The zero-order valence-electron chi connectivity index (χ0n) is 11.4. The quantitative estimate of drug-likeness (QED) is 0.807. The van der Waals surface area contributed by atoms with Crippen LogP contribution in [-0.4, -0.2) is 20.1 Å². The van der Waals surface area contributed by atoms with E-state index in [2.05, 4.69) is 22.5 Å². The number of hydrogen-bond acceptors (Lipinski definition) is 3. The summed E-state index contributed by atoms with van der Waals surface area (Å²) in [5.74, 6) is 2.46. The van der Waals surface area contributed by atoms with E-state index in [0.29, 0.717) is 11.4 Å². The van der Waals surface area contributed by atoms with E-state index in [-0.39, 0.29) is 4.75 Å². The maximum Gasteiger partial charge on any atom is 0.124 e. The lowest BCUT2D eigenvalue weighted by molar-refractivity contribution is 0.510. The third kappa shape index (κ3) is 2.30. The van der Waals surface area contributed by atoms with Gasteiger partial charge in [-0.3, -0.25) is 0 Å². The van der Waals surface area contributed by atoms with Gasteiger partial charge in [-0.2, -0.15) is 17.0 Å². The highest BCUT2D eigenvalue weighted by molar-refractivity contribution is 8.00. The van der Waals surface area contributed by atoms with E-state index >= 15 is 0 Å². The van der Waals surface area contributed by atoms with Gasteiger partial charge in [-0.25, -0.2) is 4.98 Å². The molecule has 104 valence electrons. The van der Waals surface area contributed by atoms with Gasteiger partial charge in [0.25, 0.3) is 0 Å². The van der Waals surface area contributed by atoms with Gasteiger partial charge in [0, 0.05) is 11.3 Å². The average Bonchev–Trinajstić information content (AvgIpc) is 3.03. The van der Waals surface area contributed by atoms with Crippen LogP contribution in [0, 0.1) is 11.3 Å². The Balaban J connectivity index is 2.11.